The third-order valence-electron chi connectivity index (χ3n) is 1.75. The summed E-state index contributed by atoms with van der Waals surface area (Å²) in [5.74, 6) is -0.0973. The number of carbonyl (C=O) groups excluding carboxylic acids is 1. The number of hydrogen-bond acceptors (Lipinski definition) is 4. The number of oxime groups is 1. The van der Waals surface area contributed by atoms with Gasteiger partial charge < -0.3 is 14.6 Å². The van der Waals surface area contributed by atoms with Crippen molar-refractivity contribution in [2.24, 2.45) is 5.16 Å². The molecule has 0 amide bonds. The molecule has 0 atom stereocenters. The predicted octanol–water partition coefficient (Wildman–Crippen LogP) is 0.618. The first-order valence-electron chi connectivity index (χ1n) is 5.06. The van der Waals surface area contributed by atoms with E-state index < -0.39 is 5.97 Å². The van der Waals surface area contributed by atoms with Crippen LogP contribution in [0.25, 0.3) is 0 Å². The molecule has 6 heteroatoms. The van der Waals surface area contributed by atoms with Crippen molar-refractivity contribution in [2.75, 3.05) is 27.7 Å². The maximum Gasteiger partial charge on any atom is 0.349 e. The lowest BCUT2D eigenvalue weighted by atomic mass is 10.4. The Balaban J connectivity index is 4.48. The van der Waals surface area contributed by atoms with E-state index >= 15 is 0 Å². The molecule has 0 aromatic carbocycles. The number of nitrogens with zero attached hydrogens (tertiary/aromatic N) is 4. The van der Waals surface area contributed by atoms with Crippen LogP contribution in [0.1, 0.15) is 19.8 Å². The van der Waals surface area contributed by atoms with Gasteiger partial charge in [0.15, 0.2) is 0 Å². The molecule has 0 rings (SSSR count). The summed E-state index contributed by atoms with van der Waals surface area (Å²) in [5, 5.41) is 12.0. The minimum absolute atomic E-state index is 0.290. The summed E-state index contributed by atoms with van der Waals surface area (Å²) in [6, 6.07) is 1.70. The Morgan fingerprint density at radius 3 is 2.50 bits per heavy atom. The van der Waals surface area contributed by atoms with Crippen molar-refractivity contribution in [3.05, 3.63) is 0 Å². The summed E-state index contributed by atoms with van der Waals surface area (Å²) in [5.41, 5.74) is 0. The van der Waals surface area contributed by atoms with Gasteiger partial charge in [0.25, 0.3) is 0 Å². The Morgan fingerprint density at radius 1 is 1.44 bits per heavy atom. The molecule has 0 bridgehead atoms. The Labute approximate surface area is 96.1 Å². The average molecular weight is 226 g/mol. The highest BCUT2D eigenvalue weighted by atomic mass is 16.7. The fourth-order valence-corrected chi connectivity index (χ4v) is 1.12. The first-order chi connectivity index (χ1) is 7.52. The standard InChI is InChI=1S/C10H18N4O2/c1-5-8-14(4)10(13(2)3)12-16-9(15)6-7-11/h5-6,8H2,1-4H3/b12-10+. The zero-order valence-corrected chi connectivity index (χ0v) is 10.2. The van der Waals surface area contributed by atoms with Crippen LogP contribution in [-0.4, -0.2) is 49.4 Å². The highest BCUT2D eigenvalue weighted by Crippen LogP contribution is 1.96. The molecule has 16 heavy (non-hydrogen) atoms. The lowest BCUT2D eigenvalue weighted by Crippen LogP contribution is -2.38. The molecule has 0 aliphatic heterocycles. The van der Waals surface area contributed by atoms with Crippen LogP contribution in [0.2, 0.25) is 0 Å². The smallest absolute Gasteiger partial charge is 0.346 e. The summed E-state index contributed by atoms with van der Waals surface area (Å²) < 4.78 is 0. The van der Waals surface area contributed by atoms with E-state index in [0.717, 1.165) is 13.0 Å². The number of nitriles is 1. The normalized spacial score (nSPS) is 10.6. The van der Waals surface area contributed by atoms with E-state index in [1.165, 1.54) is 0 Å². The molecule has 0 saturated carbocycles. The zero-order valence-electron chi connectivity index (χ0n) is 10.2. The molecule has 0 heterocycles. The van der Waals surface area contributed by atoms with Gasteiger partial charge >= 0.3 is 5.97 Å². The lowest BCUT2D eigenvalue weighted by Gasteiger charge is -2.24. The molecule has 0 aromatic heterocycles. The number of guanidine groups is 1. The van der Waals surface area contributed by atoms with Gasteiger partial charge in [-0.3, -0.25) is 0 Å². The van der Waals surface area contributed by atoms with Crippen molar-refractivity contribution in [1.82, 2.24) is 9.80 Å². The van der Waals surface area contributed by atoms with Crippen molar-refractivity contribution in [3.8, 4) is 6.07 Å². The number of hydrogen-bond donors (Lipinski definition) is 0. The molecule has 0 fully saturated rings. The topological polar surface area (TPSA) is 68.9 Å². The van der Waals surface area contributed by atoms with Gasteiger partial charge in [-0.15, -0.1) is 0 Å². The largest absolute Gasteiger partial charge is 0.349 e. The third kappa shape index (κ3) is 5.20. The van der Waals surface area contributed by atoms with Crippen LogP contribution in [0.3, 0.4) is 0 Å². The van der Waals surface area contributed by atoms with Gasteiger partial charge in [-0.25, -0.2) is 4.79 Å². The van der Waals surface area contributed by atoms with E-state index in [2.05, 4.69) is 9.99 Å². The van der Waals surface area contributed by atoms with Crippen LogP contribution in [0, 0.1) is 11.3 Å². The molecule has 6 nitrogen and oxygen atoms in total. The second kappa shape index (κ2) is 7.51. The van der Waals surface area contributed by atoms with Crippen molar-refractivity contribution < 1.29 is 9.63 Å². The minimum atomic E-state index is -0.647. The van der Waals surface area contributed by atoms with Crippen molar-refractivity contribution in [3.63, 3.8) is 0 Å². The molecule has 0 aromatic rings. The summed E-state index contributed by atoms with van der Waals surface area (Å²) in [6.45, 7) is 2.86. The van der Waals surface area contributed by atoms with E-state index in [9.17, 15) is 4.79 Å². The molecule has 0 N–H and O–H groups in total. The van der Waals surface area contributed by atoms with Gasteiger partial charge in [0.05, 0.1) is 6.07 Å². The minimum Gasteiger partial charge on any atom is -0.346 e. The van der Waals surface area contributed by atoms with E-state index in [0.29, 0.717) is 5.96 Å². The molecule has 0 spiro atoms. The second-order valence-electron chi connectivity index (χ2n) is 3.51. The lowest BCUT2D eigenvalue weighted by molar-refractivity contribution is -0.142. The maximum atomic E-state index is 11.0. The number of carbonyl (C=O) groups is 1. The monoisotopic (exact) mass is 226 g/mol. The van der Waals surface area contributed by atoms with E-state index in [-0.39, 0.29) is 6.42 Å². The Bertz CT molecular complexity index is 294. The van der Waals surface area contributed by atoms with Gasteiger partial charge in [0, 0.05) is 27.7 Å². The Hall–Kier alpha value is -1.77. The molecule has 90 valence electrons. The molecule has 0 aliphatic rings. The quantitative estimate of drug-likeness (QED) is 0.304. The molecular weight excluding hydrogens is 208 g/mol. The van der Waals surface area contributed by atoms with Crippen molar-refractivity contribution >= 4 is 11.9 Å². The highest BCUT2D eigenvalue weighted by Gasteiger charge is 2.10. The van der Waals surface area contributed by atoms with E-state index in [1.54, 1.807) is 11.0 Å². The Morgan fingerprint density at radius 2 is 2.06 bits per heavy atom. The first kappa shape index (κ1) is 14.2. The molecule has 0 radical (unpaired) electrons. The Kier molecular flexibility index (Phi) is 6.68. The van der Waals surface area contributed by atoms with Crippen LogP contribution in [0.15, 0.2) is 5.16 Å². The van der Waals surface area contributed by atoms with Gasteiger partial charge in [-0.1, -0.05) is 6.92 Å². The van der Waals surface area contributed by atoms with E-state index in [4.69, 9.17) is 5.26 Å². The summed E-state index contributed by atoms with van der Waals surface area (Å²) in [7, 11) is 5.48. The highest BCUT2D eigenvalue weighted by molar-refractivity contribution is 5.80. The van der Waals surface area contributed by atoms with Crippen LogP contribution < -0.4 is 0 Å². The van der Waals surface area contributed by atoms with Crippen LogP contribution in [0.4, 0.5) is 0 Å². The van der Waals surface area contributed by atoms with E-state index in [1.807, 2.05) is 33.0 Å². The summed E-state index contributed by atoms with van der Waals surface area (Å²) in [4.78, 5) is 19.2. The number of rotatable bonds is 4. The van der Waals surface area contributed by atoms with Gasteiger partial charge in [0.2, 0.25) is 5.96 Å². The van der Waals surface area contributed by atoms with Gasteiger partial charge in [0.1, 0.15) is 6.42 Å². The van der Waals surface area contributed by atoms with Gasteiger partial charge in [-0.2, -0.15) is 5.26 Å². The predicted molar refractivity (Wildman–Crippen MR) is 60.4 cm³/mol. The first-order valence-corrected chi connectivity index (χ1v) is 5.06. The molecule has 0 saturated heterocycles. The van der Waals surface area contributed by atoms with Crippen molar-refractivity contribution in [2.45, 2.75) is 19.8 Å². The van der Waals surface area contributed by atoms with Crippen LogP contribution in [0.5, 0.6) is 0 Å². The zero-order chi connectivity index (χ0) is 12.6. The van der Waals surface area contributed by atoms with Crippen molar-refractivity contribution in [1.29, 1.82) is 5.26 Å². The van der Waals surface area contributed by atoms with Crippen LogP contribution >= 0.6 is 0 Å². The SMILES string of the molecule is CCCN(C)/C(=N/OC(=O)CC#N)N(C)C. The van der Waals surface area contributed by atoms with Gasteiger partial charge in [-0.05, 0) is 11.6 Å². The summed E-state index contributed by atoms with van der Waals surface area (Å²) in [6.07, 6.45) is 0.678. The molecule has 0 unspecified atom stereocenters. The fourth-order valence-electron chi connectivity index (χ4n) is 1.12. The fraction of sp³-hybridized carbons (Fsp3) is 0.700. The molecular formula is C10H18N4O2. The van der Waals surface area contributed by atoms with Crippen LogP contribution in [-0.2, 0) is 9.63 Å². The average Bonchev–Trinajstić information content (AvgIpc) is 2.18. The third-order valence-corrected chi connectivity index (χ3v) is 1.75. The summed E-state index contributed by atoms with van der Waals surface area (Å²) >= 11 is 0. The maximum absolute atomic E-state index is 11.0. The molecule has 0 aliphatic carbocycles. The second-order valence-corrected chi connectivity index (χ2v) is 3.51.